The van der Waals surface area contributed by atoms with Crippen molar-refractivity contribution in [3.05, 3.63) is 82.9 Å². The van der Waals surface area contributed by atoms with E-state index in [1.807, 2.05) is 0 Å². The zero-order valence-corrected chi connectivity index (χ0v) is 13.5. The molecule has 100 valence electrons. The van der Waals surface area contributed by atoms with E-state index in [0.29, 0.717) is 0 Å². The number of benzene rings is 3. The van der Waals surface area contributed by atoms with Gasteiger partial charge in [0, 0.05) is 3.58 Å². The molecule has 3 aromatic carbocycles. The number of hydrogen-bond acceptors (Lipinski definition) is 0. The molecule has 0 spiro atoms. The molecule has 0 aliphatic heterocycles. The molecule has 21 heavy (non-hydrogen) atoms. The van der Waals surface area contributed by atoms with E-state index in [4.69, 9.17) is 0 Å². The van der Waals surface area contributed by atoms with Gasteiger partial charge in [-0.05, 0) is 61.7 Å². The van der Waals surface area contributed by atoms with Crippen LogP contribution in [0, 0.1) is 0 Å². The zero-order valence-electron chi connectivity index (χ0n) is 11.4. The van der Waals surface area contributed by atoms with Crippen molar-refractivity contribution in [1.82, 2.24) is 0 Å². The van der Waals surface area contributed by atoms with Crippen LogP contribution in [0.4, 0.5) is 0 Å². The second-order valence-electron chi connectivity index (χ2n) is 5.21. The van der Waals surface area contributed by atoms with Gasteiger partial charge in [-0.2, -0.15) is 0 Å². The molecule has 0 atom stereocenters. The van der Waals surface area contributed by atoms with Crippen molar-refractivity contribution in [2.24, 2.45) is 0 Å². The minimum absolute atomic E-state index is 1.26. The summed E-state index contributed by atoms with van der Waals surface area (Å²) in [6.45, 7) is 0. The third-order valence-corrected chi connectivity index (χ3v) is 4.81. The monoisotopic (exact) mass is 380 g/mol. The molecule has 0 N–H and O–H groups in total. The van der Waals surface area contributed by atoms with E-state index in [2.05, 4.69) is 101 Å². The SMILES string of the molecule is I/C1=C\c2ccccc2/C=C/c2cccc3cccc1c23. The van der Waals surface area contributed by atoms with E-state index in [1.54, 1.807) is 0 Å². The van der Waals surface area contributed by atoms with E-state index >= 15 is 0 Å². The van der Waals surface area contributed by atoms with Gasteiger partial charge in [0.2, 0.25) is 0 Å². The predicted molar refractivity (Wildman–Crippen MR) is 101 cm³/mol. The highest BCUT2D eigenvalue weighted by molar-refractivity contribution is 14.1. The summed E-state index contributed by atoms with van der Waals surface area (Å²) in [4.78, 5) is 0. The fraction of sp³-hybridized carbons (Fsp3) is 0. The Morgan fingerprint density at radius 1 is 0.619 bits per heavy atom. The molecule has 4 rings (SSSR count). The van der Waals surface area contributed by atoms with Gasteiger partial charge in [-0.3, -0.25) is 0 Å². The van der Waals surface area contributed by atoms with Crippen LogP contribution < -0.4 is 0 Å². The molecule has 0 saturated heterocycles. The molecule has 0 saturated carbocycles. The Balaban J connectivity index is 2.13. The Bertz CT molecular complexity index is 895. The van der Waals surface area contributed by atoms with Crippen LogP contribution in [0.3, 0.4) is 0 Å². The lowest BCUT2D eigenvalue weighted by atomic mass is 9.99. The first-order valence-corrected chi connectivity index (χ1v) is 8.07. The standard InChI is InChI=1S/C20H13I/c21-19-13-17-6-2-1-5-14(17)11-12-16-8-3-7-15-9-4-10-18(19)20(15)16/h1-13H/b12-11+,19-13-. The second-order valence-corrected chi connectivity index (χ2v) is 6.37. The average molecular weight is 380 g/mol. The fourth-order valence-electron chi connectivity index (χ4n) is 2.90. The van der Waals surface area contributed by atoms with Crippen molar-refractivity contribution in [3.8, 4) is 0 Å². The van der Waals surface area contributed by atoms with Gasteiger partial charge in [0.25, 0.3) is 0 Å². The Kier molecular flexibility index (Phi) is 3.15. The molecule has 1 heteroatoms. The molecular formula is C20H13I. The van der Waals surface area contributed by atoms with Crippen molar-refractivity contribution in [3.63, 3.8) is 0 Å². The molecule has 1 aliphatic carbocycles. The van der Waals surface area contributed by atoms with Gasteiger partial charge < -0.3 is 0 Å². The Labute approximate surface area is 138 Å². The molecule has 3 aromatic rings. The van der Waals surface area contributed by atoms with Crippen molar-refractivity contribution < 1.29 is 0 Å². The largest absolute Gasteiger partial charge is 0.0616 e. The van der Waals surface area contributed by atoms with Gasteiger partial charge in [-0.15, -0.1) is 0 Å². The quantitative estimate of drug-likeness (QED) is 0.404. The van der Waals surface area contributed by atoms with Crippen LogP contribution in [0.2, 0.25) is 0 Å². The summed E-state index contributed by atoms with van der Waals surface area (Å²) in [6.07, 6.45) is 6.72. The van der Waals surface area contributed by atoms with E-state index in [9.17, 15) is 0 Å². The van der Waals surface area contributed by atoms with Crippen LogP contribution in [0.5, 0.6) is 0 Å². The van der Waals surface area contributed by atoms with E-state index in [0.717, 1.165) is 0 Å². The number of fused-ring (bicyclic) bond motifs is 1. The number of hydrogen-bond donors (Lipinski definition) is 0. The highest BCUT2D eigenvalue weighted by Crippen LogP contribution is 2.35. The summed E-state index contributed by atoms with van der Waals surface area (Å²) in [5, 5.41) is 2.63. The van der Waals surface area contributed by atoms with Gasteiger partial charge in [-0.25, -0.2) is 0 Å². The third-order valence-electron chi connectivity index (χ3n) is 3.91. The van der Waals surface area contributed by atoms with Crippen LogP contribution in [-0.4, -0.2) is 0 Å². The smallest absolute Gasteiger partial charge is 0.0215 e. The minimum Gasteiger partial charge on any atom is -0.0616 e. The lowest BCUT2D eigenvalue weighted by molar-refractivity contribution is 1.62. The first kappa shape index (κ1) is 12.8. The van der Waals surface area contributed by atoms with Gasteiger partial charge in [0.15, 0.2) is 0 Å². The molecule has 0 bridgehead atoms. The maximum absolute atomic E-state index is 2.45. The second kappa shape index (κ2) is 5.15. The molecule has 0 aromatic heterocycles. The Hall–Kier alpha value is -1.87. The minimum atomic E-state index is 1.26. The molecule has 0 nitrogen and oxygen atoms in total. The first-order valence-electron chi connectivity index (χ1n) is 6.99. The summed E-state index contributed by atoms with van der Waals surface area (Å²) >= 11 is 2.45. The Morgan fingerprint density at radius 2 is 1.29 bits per heavy atom. The normalized spacial score (nSPS) is 17.1. The van der Waals surface area contributed by atoms with Crippen LogP contribution in [0.1, 0.15) is 22.3 Å². The summed E-state index contributed by atoms with van der Waals surface area (Å²) < 4.78 is 1.28. The molecule has 0 radical (unpaired) electrons. The highest BCUT2D eigenvalue weighted by Gasteiger charge is 2.09. The topological polar surface area (TPSA) is 0 Å². The average Bonchev–Trinajstić information content (AvgIpc) is 2.58. The van der Waals surface area contributed by atoms with Crippen LogP contribution in [-0.2, 0) is 0 Å². The van der Waals surface area contributed by atoms with E-state index in [1.165, 1.54) is 36.6 Å². The van der Waals surface area contributed by atoms with Gasteiger partial charge in [0.05, 0.1) is 0 Å². The lowest BCUT2D eigenvalue weighted by Crippen LogP contribution is -1.85. The summed E-state index contributed by atoms with van der Waals surface area (Å²) in [5.74, 6) is 0. The van der Waals surface area contributed by atoms with Crippen LogP contribution >= 0.6 is 22.6 Å². The molecule has 0 unspecified atom stereocenters. The third kappa shape index (κ3) is 2.22. The van der Waals surface area contributed by atoms with E-state index in [-0.39, 0.29) is 0 Å². The molecular weight excluding hydrogens is 367 g/mol. The van der Waals surface area contributed by atoms with Crippen molar-refractivity contribution in [1.29, 1.82) is 0 Å². The molecule has 0 heterocycles. The first-order chi connectivity index (χ1) is 10.3. The van der Waals surface area contributed by atoms with Crippen molar-refractivity contribution in [2.45, 2.75) is 0 Å². The van der Waals surface area contributed by atoms with Crippen molar-refractivity contribution in [2.75, 3.05) is 0 Å². The maximum Gasteiger partial charge on any atom is 0.0215 e. The Morgan fingerprint density at radius 3 is 2.14 bits per heavy atom. The molecule has 0 fully saturated rings. The highest BCUT2D eigenvalue weighted by atomic mass is 127. The molecule has 0 amide bonds. The van der Waals surface area contributed by atoms with Gasteiger partial charge in [0.1, 0.15) is 0 Å². The van der Waals surface area contributed by atoms with Crippen LogP contribution in [0.15, 0.2) is 60.7 Å². The summed E-state index contributed by atoms with van der Waals surface area (Å²) in [6, 6.07) is 21.6. The summed E-state index contributed by atoms with van der Waals surface area (Å²) in [5.41, 5.74) is 5.12. The summed E-state index contributed by atoms with van der Waals surface area (Å²) in [7, 11) is 0. The van der Waals surface area contributed by atoms with Gasteiger partial charge >= 0.3 is 0 Å². The van der Waals surface area contributed by atoms with Crippen LogP contribution in [0.25, 0.3) is 32.6 Å². The van der Waals surface area contributed by atoms with E-state index < -0.39 is 0 Å². The zero-order chi connectivity index (χ0) is 14.2. The lowest BCUT2D eigenvalue weighted by Gasteiger charge is -2.08. The maximum atomic E-state index is 2.45. The van der Waals surface area contributed by atoms with Crippen molar-refractivity contribution >= 4 is 55.2 Å². The molecule has 1 aliphatic rings. The number of halogens is 1. The van der Waals surface area contributed by atoms with Gasteiger partial charge in [-0.1, -0.05) is 72.8 Å². The fourth-order valence-corrected chi connectivity index (χ4v) is 3.68. The predicted octanol–water partition coefficient (Wildman–Crippen LogP) is 6.26. The number of rotatable bonds is 0.